The van der Waals surface area contributed by atoms with E-state index >= 15 is 0 Å². The van der Waals surface area contributed by atoms with Crippen LogP contribution in [0.15, 0.2) is 0 Å². The highest BCUT2D eigenvalue weighted by atomic mass is 16.5. The normalized spacial score (nSPS) is 15.0. The smallest absolute Gasteiger partial charge is 0.209 e. The third-order valence-corrected chi connectivity index (χ3v) is 1.81. The van der Waals surface area contributed by atoms with E-state index in [2.05, 4.69) is 5.32 Å². The Labute approximate surface area is 85.6 Å². The summed E-state index contributed by atoms with van der Waals surface area (Å²) in [6.07, 6.45) is 0.110. The third kappa shape index (κ3) is 4.58. The molecular weight excluding hydrogens is 182 g/mol. The van der Waals surface area contributed by atoms with Gasteiger partial charge in [0.05, 0.1) is 12.2 Å². The molecule has 0 aromatic carbocycles. The highest BCUT2D eigenvalue weighted by Gasteiger charge is 2.32. The molecule has 0 heterocycles. The number of amides is 1. The molecule has 0 aliphatic heterocycles. The molecule has 0 rings (SSSR count). The van der Waals surface area contributed by atoms with E-state index in [0.717, 1.165) is 0 Å². The molecule has 0 aromatic rings. The average Bonchev–Trinajstić information content (AvgIpc) is 2.01. The van der Waals surface area contributed by atoms with Crippen LogP contribution in [0.1, 0.15) is 34.6 Å². The molecule has 1 atom stereocenters. The Morgan fingerprint density at radius 2 is 1.86 bits per heavy atom. The second-order valence-electron chi connectivity index (χ2n) is 5.04. The Bertz CT molecular complexity index is 184. The van der Waals surface area contributed by atoms with Crippen LogP contribution in [0.2, 0.25) is 0 Å². The van der Waals surface area contributed by atoms with Crippen molar-refractivity contribution in [3.8, 4) is 0 Å². The van der Waals surface area contributed by atoms with Crippen molar-refractivity contribution in [3.05, 3.63) is 0 Å². The van der Waals surface area contributed by atoms with Crippen molar-refractivity contribution in [1.29, 1.82) is 0 Å². The molecule has 1 unspecified atom stereocenters. The van der Waals surface area contributed by atoms with Crippen LogP contribution in [0.25, 0.3) is 0 Å². The summed E-state index contributed by atoms with van der Waals surface area (Å²) in [6.45, 7) is 9.33. The molecule has 0 spiro atoms. The van der Waals surface area contributed by atoms with Crippen molar-refractivity contribution in [2.75, 3.05) is 6.61 Å². The number of ether oxygens (including phenoxy) is 1. The summed E-state index contributed by atoms with van der Waals surface area (Å²) >= 11 is 0. The predicted octanol–water partition coefficient (Wildman–Crippen LogP) is 0.892. The van der Waals surface area contributed by atoms with Crippen molar-refractivity contribution in [2.24, 2.45) is 5.41 Å². The van der Waals surface area contributed by atoms with Crippen molar-refractivity contribution < 1.29 is 14.6 Å². The minimum absolute atomic E-state index is 0.0470. The van der Waals surface area contributed by atoms with Gasteiger partial charge in [-0.1, -0.05) is 13.8 Å². The summed E-state index contributed by atoms with van der Waals surface area (Å²) in [6, 6.07) is 0. The van der Waals surface area contributed by atoms with Crippen LogP contribution < -0.4 is 5.32 Å². The van der Waals surface area contributed by atoms with E-state index in [1.165, 1.54) is 0 Å². The largest absolute Gasteiger partial charge is 0.396 e. The lowest BCUT2D eigenvalue weighted by atomic mass is 9.92. The first-order valence-electron chi connectivity index (χ1n) is 4.71. The average molecular weight is 203 g/mol. The maximum absolute atomic E-state index is 10.4. The van der Waals surface area contributed by atoms with Gasteiger partial charge < -0.3 is 15.2 Å². The second kappa shape index (κ2) is 4.75. The van der Waals surface area contributed by atoms with Gasteiger partial charge in [0.25, 0.3) is 0 Å². The van der Waals surface area contributed by atoms with Crippen LogP contribution in [0.4, 0.5) is 0 Å². The van der Waals surface area contributed by atoms with Crippen LogP contribution in [0, 0.1) is 5.41 Å². The molecule has 1 amide bonds. The molecule has 14 heavy (non-hydrogen) atoms. The Morgan fingerprint density at radius 1 is 1.36 bits per heavy atom. The number of aliphatic hydroxyl groups excluding tert-OH is 1. The zero-order valence-electron chi connectivity index (χ0n) is 9.63. The molecule has 0 fully saturated rings. The fourth-order valence-electron chi connectivity index (χ4n) is 0.917. The molecule has 4 heteroatoms. The summed E-state index contributed by atoms with van der Waals surface area (Å²) in [5.74, 6) is 0. The molecule has 0 aromatic heterocycles. The Balaban J connectivity index is 4.51. The Morgan fingerprint density at radius 3 is 2.14 bits per heavy atom. The van der Waals surface area contributed by atoms with Crippen LogP contribution in [-0.2, 0) is 9.53 Å². The maximum Gasteiger partial charge on any atom is 0.209 e. The molecule has 0 saturated carbocycles. The van der Waals surface area contributed by atoms with Gasteiger partial charge in [0.2, 0.25) is 6.41 Å². The number of hydrogen-bond donors (Lipinski definition) is 2. The molecule has 0 aliphatic carbocycles. The van der Waals surface area contributed by atoms with Crippen LogP contribution in [-0.4, -0.2) is 30.0 Å². The van der Waals surface area contributed by atoms with E-state index < -0.39 is 11.6 Å². The summed E-state index contributed by atoms with van der Waals surface area (Å²) in [7, 11) is 0. The molecule has 0 saturated heterocycles. The first kappa shape index (κ1) is 13.4. The van der Waals surface area contributed by atoms with E-state index in [4.69, 9.17) is 9.84 Å². The lowest BCUT2D eigenvalue weighted by molar-refractivity contribution is -0.144. The molecular formula is C10H21NO3. The highest BCUT2D eigenvalue weighted by molar-refractivity contribution is 5.46. The van der Waals surface area contributed by atoms with E-state index in [9.17, 15) is 4.79 Å². The second-order valence-corrected chi connectivity index (χ2v) is 5.04. The molecule has 84 valence electrons. The van der Waals surface area contributed by atoms with Gasteiger partial charge in [-0.2, -0.15) is 0 Å². The summed E-state index contributed by atoms with van der Waals surface area (Å²) in [5, 5.41) is 11.7. The maximum atomic E-state index is 10.4. The van der Waals surface area contributed by atoms with Gasteiger partial charge in [-0.25, -0.2) is 0 Å². The third-order valence-electron chi connectivity index (χ3n) is 1.81. The monoisotopic (exact) mass is 203 g/mol. The van der Waals surface area contributed by atoms with E-state index in [1.807, 2.05) is 34.6 Å². The van der Waals surface area contributed by atoms with Gasteiger partial charge in [0.1, 0.15) is 6.23 Å². The van der Waals surface area contributed by atoms with Gasteiger partial charge in [-0.3, -0.25) is 4.79 Å². The van der Waals surface area contributed by atoms with Crippen LogP contribution in [0.5, 0.6) is 0 Å². The van der Waals surface area contributed by atoms with E-state index in [0.29, 0.717) is 6.41 Å². The summed E-state index contributed by atoms with van der Waals surface area (Å²) in [4.78, 5) is 10.4. The fraction of sp³-hybridized carbons (Fsp3) is 0.900. The van der Waals surface area contributed by atoms with E-state index in [1.54, 1.807) is 0 Å². The SMILES string of the molecule is CC(C)(C)OC(NC=O)C(C)(C)CO. The van der Waals surface area contributed by atoms with Gasteiger partial charge in [0, 0.05) is 5.41 Å². The zero-order valence-corrected chi connectivity index (χ0v) is 9.63. The Hall–Kier alpha value is -0.610. The van der Waals surface area contributed by atoms with Crippen molar-refractivity contribution in [2.45, 2.75) is 46.4 Å². The molecule has 0 bridgehead atoms. The number of rotatable bonds is 5. The van der Waals surface area contributed by atoms with E-state index in [-0.39, 0.29) is 12.2 Å². The zero-order chi connectivity index (χ0) is 11.4. The quantitative estimate of drug-likeness (QED) is 0.515. The van der Waals surface area contributed by atoms with Crippen LogP contribution in [0.3, 0.4) is 0 Å². The number of carbonyl (C=O) groups is 1. The first-order chi connectivity index (χ1) is 6.23. The van der Waals surface area contributed by atoms with Gasteiger partial charge in [-0.05, 0) is 20.8 Å². The fourth-order valence-corrected chi connectivity index (χ4v) is 0.917. The molecule has 4 nitrogen and oxygen atoms in total. The number of aliphatic hydroxyl groups is 1. The lowest BCUT2D eigenvalue weighted by Crippen LogP contribution is -2.49. The summed E-state index contributed by atoms with van der Waals surface area (Å²) in [5.41, 5.74) is -0.846. The first-order valence-corrected chi connectivity index (χ1v) is 4.71. The van der Waals surface area contributed by atoms with Crippen molar-refractivity contribution in [3.63, 3.8) is 0 Å². The minimum Gasteiger partial charge on any atom is -0.396 e. The lowest BCUT2D eigenvalue weighted by Gasteiger charge is -2.36. The van der Waals surface area contributed by atoms with Crippen molar-refractivity contribution in [1.82, 2.24) is 5.32 Å². The Kier molecular flexibility index (Phi) is 4.55. The summed E-state index contributed by atoms with van der Waals surface area (Å²) < 4.78 is 5.63. The molecule has 0 radical (unpaired) electrons. The van der Waals surface area contributed by atoms with Crippen molar-refractivity contribution >= 4 is 6.41 Å². The van der Waals surface area contributed by atoms with Gasteiger partial charge >= 0.3 is 0 Å². The van der Waals surface area contributed by atoms with Crippen LogP contribution >= 0.6 is 0 Å². The number of nitrogens with one attached hydrogen (secondary N) is 1. The topological polar surface area (TPSA) is 58.6 Å². The minimum atomic E-state index is -0.492. The number of hydrogen-bond acceptors (Lipinski definition) is 3. The predicted molar refractivity (Wildman–Crippen MR) is 54.7 cm³/mol. The van der Waals surface area contributed by atoms with Gasteiger partial charge in [0.15, 0.2) is 0 Å². The molecule has 0 aliphatic rings. The van der Waals surface area contributed by atoms with Gasteiger partial charge in [-0.15, -0.1) is 0 Å². The highest BCUT2D eigenvalue weighted by Crippen LogP contribution is 2.24. The molecule has 2 N–H and O–H groups in total. The standard InChI is InChI=1S/C10H21NO3/c1-9(2,3)14-8(11-7-13)10(4,5)6-12/h7-8,12H,6H2,1-5H3,(H,11,13). The number of carbonyl (C=O) groups excluding carboxylic acids is 1.